The Balaban J connectivity index is 2.36. The summed E-state index contributed by atoms with van der Waals surface area (Å²) in [5, 5.41) is 0. The molecule has 0 aliphatic heterocycles. The zero-order valence-electron chi connectivity index (χ0n) is 15.3. The molecule has 23 heavy (non-hydrogen) atoms. The van der Waals surface area contributed by atoms with E-state index < -0.39 is 0 Å². The second kappa shape index (κ2) is 6.67. The zero-order chi connectivity index (χ0) is 17.3. The van der Waals surface area contributed by atoms with Crippen molar-refractivity contribution < 1.29 is 9.53 Å². The van der Waals surface area contributed by atoms with Crippen molar-refractivity contribution in [2.45, 2.75) is 59.3 Å². The summed E-state index contributed by atoms with van der Waals surface area (Å²) >= 11 is 0. The first-order chi connectivity index (χ1) is 10.8. The first kappa shape index (κ1) is 18.0. The van der Waals surface area contributed by atoms with Gasteiger partial charge in [0.05, 0.1) is 12.5 Å². The van der Waals surface area contributed by atoms with Gasteiger partial charge in [-0.05, 0) is 63.2 Å². The van der Waals surface area contributed by atoms with Crippen LogP contribution in [0.5, 0.6) is 0 Å². The Morgan fingerprint density at radius 2 is 2.09 bits per heavy atom. The number of fused-ring (bicyclic) bond motifs is 1. The summed E-state index contributed by atoms with van der Waals surface area (Å²) in [5.41, 5.74) is 2.35. The van der Waals surface area contributed by atoms with Crippen LogP contribution in [0.15, 0.2) is 36.5 Å². The molecule has 128 valence electrons. The van der Waals surface area contributed by atoms with E-state index in [0.29, 0.717) is 11.8 Å². The van der Waals surface area contributed by atoms with Crippen molar-refractivity contribution in [3.05, 3.63) is 36.5 Å². The first-order valence-electron chi connectivity index (χ1n) is 8.85. The summed E-state index contributed by atoms with van der Waals surface area (Å²) in [6.45, 7) is 14.8. The van der Waals surface area contributed by atoms with E-state index in [1.807, 2.05) is 6.08 Å². The number of allylic oxidation sites excluding steroid dienone is 4. The lowest BCUT2D eigenvalue weighted by Crippen LogP contribution is -2.53. The van der Waals surface area contributed by atoms with Crippen LogP contribution in [0.2, 0.25) is 0 Å². The van der Waals surface area contributed by atoms with Gasteiger partial charge in [-0.1, -0.05) is 49.8 Å². The van der Waals surface area contributed by atoms with E-state index in [9.17, 15) is 4.79 Å². The predicted octanol–water partition coefficient (Wildman–Crippen LogP) is 5.46. The molecule has 2 nitrogen and oxygen atoms in total. The van der Waals surface area contributed by atoms with Crippen molar-refractivity contribution in [1.82, 2.24) is 0 Å². The van der Waals surface area contributed by atoms with E-state index in [4.69, 9.17) is 4.74 Å². The summed E-state index contributed by atoms with van der Waals surface area (Å²) in [6.07, 6.45) is 10.5. The minimum Gasteiger partial charge on any atom is -0.469 e. The number of hydrogen-bond acceptors (Lipinski definition) is 2. The maximum atomic E-state index is 12.5. The molecular formula is C21H32O2. The Morgan fingerprint density at radius 3 is 2.70 bits per heavy atom. The Kier molecular flexibility index (Phi) is 5.23. The molecule has 2 rings (SSSR count). The molecule has 0 aromatic heterocycles. The quantitative estimate of drug-likeness (QED) is 0.391. The number of ether oxygens (including phenoxy) is 1. The average molecular weight is 316 g/mol. The monoisotopic (exact) mass is 316 g/mol. The van der Waals surface area contributed by atoms with Crippen LogP contribution >= 0.6 is 0 Å². The molecule has 0 bridgehead atoms. The molecule has 0 spiro atoms. The fourth-order valence-corrected chi connectivity index (χ4v) is 5.25. The molecule has 0 N–H and O–H groups in total. The van der Waals surface area contributed by atoms with Crippen LogP contribution in [0.25, 0.3) is 0 Å². The molecule has 2 heteroatoms. The van der Waals surface area contributed by atoms with Crippen molar-refractivity contribution in [2.75, 3.05) is 7.11 Å². The van der Waals surface area contributed by atoms with Gasteiger partial charge in [-0.3, -0.25) is 4.79 Å². The van der Waals surface area contributed by atoms with Gasteiger partial charge in [-0.25, -0.2) is 0 Å². The molecule has 0 aromatic carbocycles. The summed E-state index contributed by atoms with van der Waals surface area (Å²) in [7, 11) is 1.52. The molecule has 0 aromatic rings. The number of carbonyl (C=O) groups excluding carboxylic acids is 1. The number of rotatable bonds is 4. The third-order valence-electron chi connectivity index (χ3n) is 6.67. The van der Waals surface area contributed by atoms with Gasteiger partial charge in [0, 0.05) is 0 Å². The maximum Gasteiger partial charge on any atom is 0.311 e. The van der Waals surface area contributed by atoms with Crippen molar-refractivity contribution in [2.24, 2.45) is 22.7 Å². The van der Waals surface area contributed by atoms with Gasteiger partial charge in [-0.15, -0.1) is 0 Å². The van der Waals surface area contributed by atoms with E-state index >= 15 is 0 Å². The van der Waals surface area contributed by atoms with Gasteiger partial charge in [0.15, 0.2) is 0 Å². The molecule has 0 unspecified atom stereocenters. The number of methoxy groups -OCH3 is 1. The predicted molar refractivity (Wildman–Crippen MR) is 96.0 cm³/mol. The van der Waals surface area contributed by atoms with Crippen LogP contribution in [0.1, 0.15) is 59.3 Å². The molecule has 0 radical (unpaired) electrons. The lowest BCUT2D eigenvalue weighted by molar-refractivity contribution is -0.167. The number of carbonyl (C=O) groups is 1. The van der Waals surface area contributed by atoms with E-state index in [1.54, 1.807) is 0 Å². The zero-order valence-corrected chi connectivity index (χ0v) is 15.3. The normalized spacial score (nSPS) is 37.9. The third-order valence-corrected chi connectivity index (χ3v) is 6.67. The molecule has 4 atom stereocenters. The topological polar surface area (TPSA) is 26.3 Å². The van der Waals surface area contributed by atoms with Crippen molar-refractivity contribution >= 4 is 5.97 Å². The van der Waals surface area contributed by atoms with Gasteiger partial charge in [0.1, 0.15) is 0 Å². The Labute approximate surface area is 141 Å². The second-order valence-corrected chi connectivity index (χ2v) is 7.96. The molecule has 2 aliphatic carbocycles. The molecular weight excluding hydrogens is 284 g/mol. The highest BCUT2D eigenvalue weighted by Crippen LogP contribution is 2.62. The average Bonchev–Trinajstić information content (AvgIpc) is 2.52. The van der Waals surface area contributed by atoms with Gasteiger partial charge in [-0.2, -0.15) is 0 Å². The molecule has 0 saturated heterocycles. The highest BCUT2D eigenvalue weighted by Gasteiger charge is 2.57. The standard InChI is InChI=1S/C21H32O2/c1-7-15(2)9-11-17-16(3)10-12-18-20(17,4)13-8-14-21(18,5)19(22)23-6/h7,9,17-18H,1,3,8,10-14H2,2,4-6H3/b15-9+/t17-,18-,20-,21+/m1/s1. The molecule has 2 aliphatic rings. The molecule has 2 fully saturated rings. The highest BCUT2D eigenvalue weighted by atomic mass is 16.5. The SMILES string of the molecule is C=C/C(C)=C/C[C@@H]1C(=C)CC[C@@H]2[C@]1(C)CCC[C@]2(C)C(=O)OC. The number of hydrogen-bond donors (Lipinski definition) is 0. The molecule has 0 heterocycles. The lowest BCUT2D eigenvalue weighted by atomic mass is 9.46. The van der Waals surface area contributed by atoms with Crippen LogP contribution < -0.4 is 0 Å². The fourth-order valence-electron chi connectivity index (χ4n) is 5.25. The number of esters is 1. The van der Waals surface area contributed by atoms with E-state index in [0.717, 1.165) is 32.1 Å². The maximum absolute atomic E-state index is 12.5. The van der Waals surface area contributed by atoms with E-state index in [-0.39, 0.29) is 16.8 Å². The van der Waals surface area contributed by atoms with Crippen molar-refractivity contribution in [3.63, 3.8) is 0 Å². The fraction of sp³-hybridized carbons (Fsp3) is 0.667. The van der Waals surface area contributed by atoms with Gasteiger partial charge in [0.25, 0.3) is 0 Å². The first-order valence-corrected chi connectivity index (χ1v) is 8.85. The Bertz CT molecular complexity index is 530. The largest absolute Gasteiger partial charge is 0.469 e. The van der Waals surface area contributed by atoms with Gasteiger partial charge < -0.3 is 4.74 Å². The van der Waals surface area contributed by atoms with Crippen LogP contribution in [0, 0.1) is 22.7 Å². The Morgan fingerprint density at radius 1 is 1.39 bits per heavy atom. The third kappa shape index (κ3) is 3.05. The summed E-state index contributed by atoms with van der Waals surface area (Å²) < 4.78 is 5.18. The minimum atomic E-state index is -0.349. The van der Waals surface area contributed by atoms with Crippen molar-refractivity contribution in [1.29, 1.82) is 0 Å². The molecule has 0 amide bonds. The Hall–Kier alpha value is -1.31. The smallest absolute Gasteiger partial charge is 0.311 e. The summed E-state index contributed by atoms with van der Waals surface area (Å²) in [5.74, 6) is 0.794. The van der Waals surface area contributed by atoms with Crippen molar-refractivity contribution in [3.8, 4) is 0 Å². The van der Waals surface area contributed by atoms with Gasteiger partial charge in [0.2, 0.25) is 0 Å². The second-order valence-electron chi connectivity index (χ2n) is 7.96. The summed E-state index contributed by atoms with van der Waals surface area (Å²) in [4.78, 5) is 12.5. The van der Waals surface area contributed by atoms with Crippen LogP contribution in [-0.4, -0.2) is 13.1 Å². The lowest BCUT2D eigenvalue weighted by Gasteiger charge is -2.57. The van der Waals surface area contributed by atoms with Crippen LogP contribution in [0.4, 0.5) is 0 Å². The highest BCUT2D eigenvalue weighted by molar-refractivity contribution is 5.77. The minimum absolute atomic E-state index is 0.0301. The van der Waals surface area contributed by atoms with Gasteiger partial charge >= 0.3 is 5.97 Å². The van der Waals surface area contributed by atoms with Crippen LogP contribution in [-0.2, 0) is 9.53 Å². The molecule has 2 saturated carbocycles. The van der Waals surface area contributed by atoms with E-state index in [1.165, 1.54) is 24.7 Å². The summed E-state index contributed by atoms with van der Waals surface area (Å²) in [6, 6.07) is 0. The van der Waals surface area contributed by atoms with E-state index in [2.05, 4.69) is 40.0 Å². The van der Waals surface area contributed by atoms with Crippen LogP contribution in [0.3, 0.4) is 0 Å².